The minimum absolute atomic E-state index is 0.0173. The molecule has 0 saturated carbocycles. The van der Waals surface area contributed by atoms with E-state index in [-0.39, 0.29) is 22.9 Å². The number of rotatable bonds is 1. The Morgan fingerprint density at radius 2 is 2.19 bits per heavy atom. The fraction of sp³-hybridized carbons (Fsp3) is 0.133. The zero-order valence-corrected chi connectivity index (χ0v) is 11.3. The van der Waals surface area contributed by atoms with E-state index in [1.165, 1.54) is 6.33 Å². The minimum atomic E-state index is -0.572. The second-order valence-electron chi connectivity index (χ2n) is 4.73. The zero-order valence-electron chi connectivity index (χ0n) is 11.3. The lowest BCUT2D eigenvalue weighted by molar-refractivity contribution is 0.375. The van der Waals surface area contributed by atoms with E-state index < -0.39 is 5.92 Å². The largest absolute Gasteiger partial charge is 0.422 e. The number of ether oxygens (including phenoxy) is 1. The number of aromatic nitrogens is 2. The number of allylic oxidation sites excluding steroid dienone is 1. The minimum Gasteiger partial charge on any atom is -0.422 e. The summed E-state index contributed by atoms with van der Waals surface area (Å²) in [7, 11) is 0. The first-order chi connectivity index (χ1) is 10.1. The highest BCUT2D eigenvalue weighted by Gasteiger charge is 2.34. The molecule has 0 bridgehead atoms. The van der Waals surface area contributed by atoms with E-state index in [9.17, 15) is 10.1 Å². The first kappa shape index (κ1) is 12.9. The molecule has 0 saturated heterocycles. The number of nitriles is 1. The molecule has 1 aromatic heterocycles. The first-order valence-corrected chi connectivity index (χ1v) is 6.34. The van der Waals surface area contributed by atoms with Crippen molar-refractivity contribution in [1.29, 1.82) is 5.26 Å². The number of nitrogens with zero attached hydrogens (tertiary/aromatic N) is 2. The monoisotopic (exact) mass is 280 g/mol. The van der Waals surface area contributed by atoms with Crippen LogP contribution in [0.25, 0.3) is 0 Å². The summed E-state index contributed by atoms with van der Waals surface area (Å²) in [6.45, 7) is 1.92. The molecule has 0 aliphatic carbocycles. The van der Waals surface area contributed by atoms with Gasteiger partial charge in [-0.2, -0.15) is 5.26 Å². The zero-order chi connectivity index (χ0) is 15.0. The summed E-state index contributed by atoms with van der Waals surface area (Å²) in [5, 5.41) is 9.40. The molecular weight excluding hydrogens is 268 g/mol. The van der Waals surface area contributed by atoms with Crippen LogP contribution in [0.15, 0.2) is 46.8 Å². The third kappa shape index (κ3) is 1.96. The van der Waals surface area contributed by atoms with E-state index in [4.69, 9.17) is 10.5 Å². The van der Waals surface area contributed by atoms with Gasteiger partial charge >= 0.3 is 0 Å². The molecule has 0 unspecified atom stereocenters. The van der Waals surface area contributed by atoms with Crippen LogP contribution < -0.4 is 16.0 Å². The molecule has 6 nitrogen and oxygen atoms in total. The van der Waals surface area contributed by atoms with Crippen molar-refractivity contribution in [3.05, 3.63) is 69.1 Å². The predicted molar refractivity (Wildman–Crippen MR) is 75.3 cm³/mol. The second-order valence-corrected chi connectivity index (χ2v) is 4.73. The number of aromatic amines is 1. The molecule has 104 valence electrons. The van der Waals surface area contributed by atoms with Gasteiger partial charge in [-0.1, -0.05) is 24.3 Å². The summed E-state index contributed by atoms with van der Waals surface area (Å²) in [5.74, 6) is -0.447. The second kappa shape index (κ2) is 4.80. The van der Waals surface area contributed by atoms with Crippen LogP contribution in [0.1, 0.15) is 22.6 Å². The normalized spacial score (nSPS) is 16.9. The summed E-state index contributed by atoms with van der Waals surface area (Å²) < 4.78 is 5.31. The van der Waals surface area contributed by atoms with Crippen LogP contribution in [-0.2, 0) is 0 Å². The van der Waals surface area contributed by atoms with Crippen molar-refractivity contribution in [2.45, 2.75) is 12.8 Å². The van der Waals surface area contributed by atoms with Crippen molar-refractivity contribution in [2.75, 3.05) is 0 Å². The van der Waals surface area contributed by atoms with Crippen molar-refractivity contribution in [3.63, 3.8) is 0 Å². The number of aryl methyl sites for hydroxylation is 1. The Kier molecular flexibility index (Phi) is 2.95. The molecule has 6 heteroatoms. The highest BCUT2D eigenvalue weighted by molar-refractivity contribution is 5.54. The van der Waals surface area contributed by atoms with Crippen LogP contribution in [0.5, 0.6) is 5.88 Å². The molecule has 1 atom stereocenters. The van der Waals surface area contributed by atoms with Gasteiger partial charge < -0.3 is 15.5 Å². The van der Waals surface area contributed by atoms with Crippen LogP contribution in [0.2, 0.25) is 0 Å². The van der Waals surface area contributed by atoms with Gasteiger partial charge in [-0.3, -0.25) is 4.79 Å². The van der Waals surface area contributed by atoms with Gasteiger partial charge in [0.05, 0.1) is 17.8 Å². The summed E-state index contributed by atoms with van der Waals surface area (Å²) in [5.41, 5.74) is 7.79. The van der Waals surface area contributed by atoms with Crippen LogP contribution in [0, 0.1) is 18.3 Å². The molecule has 1 aliphatic heterocycles. The molecule has 3 rings (SSSR count). The van der Waals surface area contributed by atoms with Crippen LogP contribution >= 0.6 is 0 Å². The molecule has 2 heterocycles. The lowest BCUT2D eigenvalue weighted by Crippen LogP contribution is -2.28. The average molecular weight is 280 g/mol. The Balaban J connectivity index is 2.34. The van der Waals surface area contributed by atoms with Crippen LogP contribution in [0.4, 0.5) is 0 Å². The molecule has 21 heavy (non-hydrogen) atoms. The van der Waals surface area contributed by atoms with Crippen molar-refractivity contribution in [2.24, 2.45) is 5.73 Å². The van der Waals surface area contributed by atoms with Gasteiger partial charge in [-0.05, 0) is 18.1 Å². The van der Waals surface area contributed by atoms with Crippen molar-refractivity contribution in [3.8, 4) is 11.9 Å². The molecule has 0 amide bonds. The summed E-state index contributed by atoms with van der Waals surface area (Å²) in [4.78, 5) is 18.7. The van der Waals surface area contributed by atoms with E-state index in [1.54, 1.807) is 0 Å². The highest BCUT2D eigenvalue weighted by atomic mass is 16.5. The average Bonchev–Trinajstić information content (AvgIpc) is 2.47. The van der Waals surface area contributed by atoms with Gasteiger partial charge in [0.2, 0.25) is 11.8 Å². The number of nitrogens with one attached hydrogen (secondary N) is 1. The molecule has 0 spiro atoms. The lowest BCUT2D eigenvalue weighted by Gasteiger charge is -2.25. The molecule has 1 aromatic carbocycles. The van der Waals surface area contributed by atoms with E-state index in [1.807, 2.05) is 37.3 Å². The maximum Gasteiger partial charge on any atom is 0.258 e. The fourth-order valence-corrected chi connectivity index (χ4v) is 2.52. The molecule has 1 aliphatic rings. The summed E-state index contributed by atoms with van der Waals surface area (Å²) in [6, 6.07) is 9.58. The summed E-state index contributed by atoms with van der Waals surface area (Å²) >= 11 is 0. The third-order valence-corrected chi connectivity index (χ3v) is 3.52. The molecule has 3 N–H and O–H groups in total. The van der Waals surface area contributed by atoms with Gasteiger partial charge in [0, 0.05) is 0 Å². The Morgan fingerprint density at radius 1 is 1.43 bits per heavy atom. The van der Waals surface area contributed by atoms with Crippen LogP contribution in [-0.4, -0.2) is 9.97 Å². The fourth-order valence-electron chi connectivity index (χ4n) is 2.52. The van der Waals surface area contributed by atoms with E-state index in [2.05, 4.69) is 9.97 Å². The Labute approximate surface area is 120 Å². The van der Waals surface area contributed by atoms with Crippen molar-refractivity contribution in [1.82, 2.24) is 9.97 Å². The molecule has 2 aromatic rings. The first-order valence-electron chi connectivity index (χ1n) is 6.34. The maximum atomic E-state index is 12.2. The Bertz CT molecular complexity index is 845. The van der Waals surface area contributed by atoms with Gasteiger partial charge in [0.25, 0.3) is 5.56 Å². The molecule has 0 fully saturated rings. The van der Waals surface area contributed by atoms with Crippen molar-refractivity contribution >= 4 is 0 Å². The number of hydrogen-bond acceptors (Lipinski definition) is 5. The molecular formula is C15H12N4O2. The number of nitrogens with two attached hydrogens (primary N) is 1. The van der Waals surface area contributed by atoms with E-state index >= 15 is 0 Å². The van der Waals surface area contributed by atoms with Gasteiger partial charge in [-0.25, -0.2) is 4.98 Å². The van der Waals surface area contributed by atoms with Gasteiger partial charge in [-0.15, -0.1) is 0 Å². The Morgan fingerprint density at radius 3 is 2.90 bits per heavy atom. The van der Waals surface area contributed by atoms with Crippen molar-refractivity contribution < 1.29 is 4.74 Å². The topological polar surface area (TPSA) is 105 Å². The van der Waals surface area contributed by atoms with Gasteiger partial charge in [0.1, 0.15) is 11.6 Å². The standard InChI is InChI=1S/C15H12N4O2/c1-8-4-2-3-5-9(8)11-10(6-16)13(17)21-15-12(11)14(20)18-7-19-15/h2-5,7,11H,17H2,1H3,(H,18,19,20)/t11-/m0/s1. The maximum absolute atomic E-state index is 12.2. The number of fused-ring (bicyclic) bond motifs is 1. The number of hydrogen-bond donors (Lipinski definition) is 2. The third-order valence-electron chi connectivity index (χ3n) is 3.52. The predicted octanol–water partition coefficient (Wildman–Crippen LogP) is 1.30. The number of benzene rings is 1. The lowest BCUT2D eigenvalue weighted by atomic mass is 9.83. The van der Waals surface area contributed by atoms with E-state index in [0.29, 0.717) is 5.56 Å². The number of H-pyrrole nitrogens is 1. The smallest absolute Gasteiger partial charge is 0.258 e. The summed E-state index contributed by atoms with van der Waals surface area (Å²) in [6.07, 6.45) is 1.25. The Hall–Kier alpha value is -3.07. The SMILES string of the molecule is Cc1ccccc1[C@H]1C(C#N)=C(N)Oc2nc[nH]c(=O)c21. The van der Waals surface area contributed by atoms with Crippen LogP contribution in [0.3, 0.4) is 0 Å². The highest BCUT2D eigenvalue weighted by Crippen LogP contribution is 2.39. The van der Waals surface area contributed by atoms with E-state index in [0.717, 1.165) is 11.1 Å². The van der Waals surface area contributed by atoms with Gasteiger partial charge in [0.15, 0.2) is 0 Å². The molecule has 0 radical (unpaired) electrons. The quantitative estimate of drug-likeness (QED) is 0.819.